The Balaban J connectivity index is 1.49. The average Bonchev–Trinajstić information content (AvgIpc) is 3.19. The first-order chi connectivity index (χ1) is 18.6. The zero-order valence-corrected chi connectivity index (χ0v) is 22.1. The van der Waals surface area contributed by atoms with E-state index in [2.05, 4.69) is 10.6 Å². The number of rotatable bonds is 7. The summed E-state index contributed by atoms with van der Waals surface area (Å²) in [5.41, 5.74) is -0.215. The van der Waals surface area contributed by atoms with E-state index in [1.165, 1.54) is 24.8 Å². The van der Waals surface area contributed by atoms with Crippen molar-refractivity contribution in [1.82, 2.24) is 15.5 Å². The Labute approximate surface area is 227 Å². The molecule has 4 amide bonds. The minimum Gasteiger partial charge on any atom is -0.478 e. The van der Waals surface area contributed by atoms with Crippen LogP contribution in [0.4, 0.5) is 23.2 Å². The second kappa shape index (κ2) is 10.3. The summed E-state index contributed by atoms with van der Waals surface area (Å²) in [5.74, 6) is -5.98. The maximum Gasteiger partial charge on any atom is 0.471 e. The number of piperidine rings is 1. The maximum absolute atomic E-state index is 13.5. The third kappa shape index (κ3) is 5.41. The molecule has 0 aromatic heterocycles. The molecule has 1 aromatic rings. The highest BCUT2D eigenvalue weighted by Gasteiger charge is 2.69. The van der Waals surface area contributed by atoms with Crippen LogP contribution in [0.3, 0.4) is 0 Å². The Morgan fingerprint density at radius 3 is 2.52 bits per heavy atom. The van der Waals surface area contributed by atoms with Gasteiger partial charge in [0.25, 0.3) is 5.91 Å². The number of halogens is 4. The Bertz CT molecular complexity index is 1280. The summed E-state index contributed by atoms with van der Waals surface area (Å²) in [6.45, 7) is 6.85. The number of amides is 4. The smallest absolute Gasteiger partial charge is 0.471 e. The fourth-order valence-electron chi connectivity index (χ4n) is 5.62. The molecule has 2 fully saturated rings. The largest absolute Gasteiger partial charge is 0.478 e. The minimum atomic E-state index is -5.19. The predicted molar refractivity (Wildman–Crippen MR) is 131 cm³/mol. The molecule has 216 valence electrons. The van der Waals surface area contributed by atoms with Crippen LogP contribution in [0.2, 0.25) is 0 Å². The Morgan fingerprint density at radius 2 is 1.93 bits per heavy atom. The standard InChI is InChI=1S/C26H29F4N5O5/c1-11(2)19(34-24(39)26(28,29)30)23(38)35-10-14-18(25(14,3)4)20(35)22(37)32-13(9-31)8-17-21(36)33-15-7-12(27)5-6-16(15)40-17/h5-7,11,13-14,17-20H,8,10H2,1-4H3,(H,32,37)(H,33,36)(H,34,39)/t13-,14-,17-,18-,19-,20-/m0/s1. The van der Waals surface area contributed by atoms with Gasteiger partial charge < -0.3 is 25.6 Å². The lowest BCUT2D eigenvalue weighted by atomic mass is 9.97. The lowest BCUT2D eigenvalue weighted by Crippen LogP contribution is -2.59. The molecule has 0 bridgehead atoms. The molecule has 40 heavy (non-hydrogen) atoms. The van der Waals surface area contributed by atoms with Crippen LogP contribution in [0.25, 0.3) is 0 Å². The van der Waals surface area contributed by atoms with E-state index in [9.17, 15) is 42.0 Å². The van der Waals surface area contributed by atoms with Crippen molar-refractivity contribution >= 4 is 29.3 Å². The zero-order valence-electron chi connectivity index (χ0n) is 22.1. The van der Waals surface area contributed by atoms with Gasteiger partial charge in [-0.15, -0.1) is 0 Å². The molecule has 1 saturated carbocycles. The van der Waals surface area contributed by atoms with Crippen LogP contribution in [-0.4, -0.2) is 65.5 Å². The van der Waals surface area contributed by atoms with Crippen LogP contribution >= 0.6 is 0 Å². The van der Waals surface area contributed by atoms with Gasteiger partial charge in [0.1, 0.15) is 29.7 Å². The van der Waals surface area contributed by atoms with E-state index in [1.54, 1.807) is 5.32 Å². The minimum absolute atomic E-state index is 0.0956. The van der Waals surface area contributed by atoms with Crippen molar-refractivity contribution in [3.8, 4) is 11.8 Å². The predicted octanol–water partition coefficient (Wildman–Crippen LogP) is 2.11. The lowest BCUT2D eigenvalue weighted by Gasteiger charge is -2.34. The molecule has 1 aliphatic carbocycles. The van der Waals surface area contributed by atoms with Gasteiger partial charge in [0.05, 0.1) is 11.8 Å². The van der Waals surface area contributed by atoms with Gasteiger partial charge >= 0.3 is 12.1 Å². The molecule has 0 radical (unpaired) electrons. The number of likely N-dealkylation sites (tertiary alicyclic amines) is 1. The van der Waals surface area contributed by atoms with Crippen molar-refractivity contribution < 1.29 is 41.5 Å². The highest BCUT2D eigenvalue weighted by molar-refractivity contribution is 5.98. The fourth-order valence-corrected chi connectivity index (χ4v) is 5.62. The second-order valence-corrected chi connectivity index (χ2v) is 11.2. The number of carbonyl (C=O) groups is 4. The molecule has 6 atom stereocenters. The Hall–Kier alpha value is -3.89. The second-order valence-electron chi connectivity index (χ2n) is 11.2. The molecule has 0 unspecified atom stereocenters. The molecule has 4 rings (SSSR count). The van der Waals surface area contributed by atoms with Gasteiger partial charge in [-0.2, -0.15) is 18.4 Å². The summed E-state index contributed by atoms with van der Waals surface area (Å²) >= 11 is 0. The van der Waals surface area contributed by atoms with Crippen molar-refractivity contribution in [2.45, 2.75) is 64.5 Å². The van der Waals surface area contributed by atoms with Crippen LogP contribution in [0.1, 0.15) is 34.1 Å². The summed E-state index contributed by atoms with van der Waals surface area (Å²) in [4.78, 5) is 52.1. The first-order valence-corrected chi connectivity index (χ1v) is 12.7. The molecular formula is C26H29F4N5O5. The van der Waals surface area contributed by atoms with Gasteiger partial charge in [0.2, 0.25) is 11.8 Å². The summed E-state index contributed by atoms with van der Waals surface area (Å²) in [5, 5.41) is 16.5. The van der Waals surface area contributed by atoms with Gasteiger partial charge in [0, 0.05) is 19.0 Å². The number of fused-ring (bicyclic) bond motifs is 2. The van der Waals surface area contributed by atoms with E-state index in [-0.39, 0.29) is 41.7 Å². The van der Waals surface area contributed by atoms with Crippen LogP contribution in [0, 0.1) is 40.3 Å². The molecular weight excluding hydrogens is 538 g/mol. The van der Waals surface area contributed by atoms with Crippen LogP contribution < -0.4 is 20.7 Å². The summed E-state index contributed by atoms with van der Waals surface area (Å²) < 4.78 is 57.8. The Morgan fingerprint density at radius 1 is 1.25 bits per heavy atom. The summed E-state index contributed by atoms with van der Waals surface area (Å²) in [7, 11) is 0. The third-order valence-corrected chi connectivity index (χ3v) is 7.92. The molecule has 2 aliphatic heterocycles. The number of ether oxygens (including phenoxy) is 1. The van der Waals surface area contributed by atoms with Crippen LogP contribution in [0.15, 0.2) is 18.2 Å². The van der Waals surface area contributed by atoms with Gasteiger partial charge in [-0.1, -0.05) is 27.7 Å². The zero-order chi connectivity index (χ0) is 29.7. The van der Waals surface area contributed by atoms with Crippen LogP contribution in [0.5, 0.6) is 5.75 Å². The lowest BCUT2D eigenvalue weighted by molar-refractivity contribution is -0.175. The first-order valence-electron chi connectivity index (χ1n) is 12.7. The van der Waals surface area contributed by atoms with E-state index in [0.717, 1.165) is 12.1 Å². The van der Waals surface area contributed by atoms with Crippen molar-refractivity contribution in [1.29, 1.82) is 5.26 Å². The monoisotopic (exact) mass is 567 g/mol. The number of anilines is 1. The third-order valence-electron chi connectivity index (χ3n) is 7.92. The first kappa shape index (κ1) is 29.1. The number of benzene rings is 1. The van der Waals surface area contributed by atoms with Gasteiger partial charge in [-0.25, -0.2) is 4.39 Å². The summed E-state index contributed by atoms with van der Waals surface area (Å²) in [6.07, 6.45) is -6.64. The van der Waals surface area contributed by atoms with Crippen LogP contribution in [-0.2, 0) is 19.2 Å². The molecule has 0 spiro atoms. The SMILES string of the molecule is CC(C)[C@H](NC(=O)C(F)(F)F)C(=O)N1C[C@H]2[C@@H]([C@H]1C(=O)N[C@H](C#N)C[C@@H]1Oc3ccc(F)cc3NC1=O)C2(C)C. The number of nitriles is 1. The highest BCUT2D eigenvalue weighted by Crippen LogP contribution is 2.65. The molecule has 3 N–H and O–H groups in total. The normalized spacial score (nSPS) is 25.9. The number of hydrogen-bond donors (Lipinski definition) is 3. The molecule has 3 aliphatic rings. The number of nitrogens with one attached hydrogen (secondary N) is 3. The maximum atomic E-state index is 13.5. The number of alkyl halides is 3. The number of nitrogens with zero attached hydrogens (tertiary/aromatic N) is 2. The molecule has 1 saturated heterocycles. The van der Waals surface area contributed by atoms with Crippen molar-refractivity contribution in [2.75, 3.05) is 11.9 Å². The quantitative estimate of drug-likeness (QED) is 0.431. The summed E-state index contributed by atoms with van der Waals surface area (Å²) in [6, 6.07) is 1.57. The number of carbonyl (C=O) groups excluding carboxylic acids is 4. The van der Waals surface area contributed by atoms with E-state index < -0.39 is 65.8 Å². The van der Waals surface area contributed by atoms with Gasteiger partial charge in [-0.3, -0.25) is 19.2 Å². The van der Waals surface area contributed by atoms with E-state index >= 15 is 0 Å². The average molecular weight is 568 g/mol. The highest BCUT2D eigenvalue weighted by atomic mass is 19.4. The molecule has 14 heteroatoms. The number of hydrogen-bond acceptors (Lipinski definition) is 6. The molecule has 1 aromatic carbocycles. The van der Waals surface area contributed by atoms with Crippen molar-refractivity contribution in [3.05, 3.63) is 24.0 Å². The van der Waals surface area contributed by atoms with E-state index in [0.29, 0.717) is 0 Å². The Kier molecular flexibility index (Phi) is 7.46. The van der Waals surface area contributed by atoms with E-state index in [1.807, 2.05) is 19.9 Å². The van der Waals surface area contributed by atoms with Gasteiger partial charge in [0.15, 0.2) is 6.10 Å². The fraction of sp³-hybridized carbons (Fsp3) is 0.577. The van der Waals surface area contributed by atoms with Gasteiger partial charge in [-0.05, 0) is 35.3 Å². The topological polar surface area (TPSA) is 141 Å². The van der Waals surface area contributed by atoms with E-state index in [4.69, 9.17) is 4.74 Å². The van der Waals surface area contributed by atoms with Crippen molar-refractivity contribution in [3.63, 3.8) is 0 Å². The molecule has 10 nitrogen and oxygen atoms in total. The van der Waals surface area contributed by atoms with Crippen molar-refractivity contribution in [2.24, 2.45) is 23.2 Å². The molecule has 2 heterocycles.